The van der Waals surface area contributed by atoms with Crippen molar-refractivity contribution in [3.05, 3.63) is 42.0 Å². The summed E-state index contributed by atoms with van der Waals surface area (Å²) in [6, 6.07) is 12.6. The van der Waals surface area contributed by atoms with Gasteiger partial charge in [0.2, 0.25) is 0 Å². The molecule has 1 amide bonds. The van der Waals surface area contributed by atoms with E-state index in [9.17, 15) is 9.90 Å². The fourth-order valence-corrected chi connectivity index (χ4v) is 5.12. The van der Waals surface area contributed by atoms with Gasteiger partial charge in [-0.1, -0.05) is 19.1 Å². The van der Waals surface area contributed by atoms with Gasteiger partial charge >= 0.3 is 0 Å². The third-order valence-corrected chi connectivity index (χ3v) is 7.42. The summed E-state index contributed by atoms with van der Waals surface area (Å²) in [5, 5.41) is 13.1. The standard InChI is InChI=1S/C25H34N4O2S/c1-3-28-14-4-5-19(28)17-26-25(31)22-10-11-23(18-6-8-21(32-2)9-7-18)27-24(22)29-15-12-20(30)13-16-29/h6-11,19-20,30H,3-5,12-17H2,1-2H3,(H,26,31). The smallest absolute Gasteiger partial charge is 0.255 e. The number of amides is 1. The molecule has 1 aromatic heterocycles. The lowest BCUT2D eigenvalue weighted by Gasteiger charge is -2.32. The molecule has 3 heterocycles. The molecule has 2 fully saturated rings. The van der Waals surface area contributed by atoms with E-state index in [2.05, 4.69) is 52.6 Å². The first kappa shape index (κ1) is 23.1. The average Bonchev–Trinajstić information content (AvgIpc) is 3.30. The van der Waals surface area contributed by atoms with Gasteiger partial charge in [0.25, 0.3) is 5.91 Å². The van der Waals surface area contributed by atoms with Crippen LogP contribution in [0.5, 0.6) is 0 Å². The van der Waals surface area contributed by atoms with E-state index >= 15 is 0 Å². The van der Waals surface area contributed by atoms with Gasteiger partial charge in [0.05, 0.1) is 17.4 Å². The number of hydrogen-bond acceptors (Lipinski definition) is 6. The normalized spacial score (nSPS) is 20.0. The van der Waals surface area contributed by atoms with Crippen LogP contribution in [0.15, 0.2) is 41.3 Å². The maximum absolute atomic E-state index is 13.2. The summed E-state index contributed by atoms with van der Waals surface area (Å²) in [6.45, 7) is 6.39. The minimum atomic E-state index is -0.270. The number of likely N-dealkylation sites (tertiary alicyclic amines) is 1. The zero-order chi connectivity index (χ0) is 22.5. The third kappa shape index (κ3) is 5.27. The van der Waals surface area contributed by atoms with Gasteiger partial charge in [-0.3, -0.25) is 9.69 Å². The number of pyridine rings is 1. The van der Waals surface area contributed by atoms with Crippen molar-refractivity contribution in [1.82, 2.24) is 15.2 Å². The van der Waals surface area contributed by atoms with Gasteiger partial charge in [0.1, 0.15) is 5.82 Å². The summed E-state index contributed by atoms with van der Waals surface area (Å²) in [6.07, 6.45) is 5.52. The van der Waals surface area contributed by atoms with Crippen molar-refractivity contribution in [2.45, 2.75) is 49.6 Å². The molecule has 32 heavy (non-hydrogen) atoms. The SMILES string of the molecule is CCN1CCCC1CNC(=O)c1ccc(-c2ccc(SC)cc2)nc1N1CCC(O)CC1. The summed E-state index contributed by atoms with van der Waals surface area (Å²) in [7, 11) is 0. The maximum Gasteiger partial charge on any atom is 0.255 e. The number of aliphatic hydroxyl groups is 1. The number of aromatic nitrogens is 1. The van der Waals surface area contributed by atoms with Gasteiger partial charge in [-0.25, -0.2) is 4.98 Å². The van der Waals surface area contributed by atoms with E-state index in [-0.39, 0.29) is 12.0 Å². The molecule has 2 saturated heterocycles. The molecule has 1 aromatic carbocycles. The highest BCUT2D eigenvalue weighted by Gasteiger charge is 2.26. The second-order valence-electron chi connectivity index (χ2n) is 8.65. The first-order valence-corrected chi connectivity index (χ1v) is 12.9. The van der Waals surface area contributed by atoms with Gasteiger partial charge in [-0.2, -0.15) is 0 Å². The number of piperidine rings is 1. The van der Waals surface area contributed by atoms with E-state index in [1.165, 1.54) is 11.3 Å². The zero-order valence-electron chi connectivity index (χ0n) is 19.1. The molecule has 2 aliphatic heterocycles. The lowest BCUT2D eigenvalue weighted by molar-refractivity contribution is 0.0941. The molecule has 0 saturated carbocycles. The summed E-state index contributed by atoms with van der Waals surface area (Å²) >= 11 is 1.71. The van der Waals surface area contributed by atoms with Crippen molar-refractivity contribution in [2.24, 2.45) is 0 Å². The number of carbonyl (C=O) groups is 1. The second kappa shape index (κ2) is 10.7. The minimum absolute atomic E-state index is 0.0640. The number of likely N-dealkylation sites (N-methyl/N-ethyl adjacent to an activating group) is 1. The average molecular weight is 455 g/mol. The molecule has 1 atom stereocenters. The highest BCUT2D eigenvalue weighted by atomic mass is 32.2. The van der Waals surface area contributed by atoms with Crippen molar-refractivity contribution >= 4 is 23.5 Å². The summed E-state index contributed by atoms with van der Waals surface area (Å²) in [5.41, 5.74) is 2.52. The Morgan fingerprint density at radius 1 is 1.12 bits per heavy atom. The molecule has 0 aliphatic carbocycles. The highest BCUT2D eigenvalue weighted by Crippen LogP contribution is 2.28. The van der Waals surface area contributed by atoms with Crippen LogP contribution in [-0.2, 0) is 0 Å². The number of nitrogens with zero attached hydrogens (tertiary/aromatic N) is 3. The van der Waals surface area contributed by atoms with Crippen LogP contribution in [0.2, 0.25) is 0 Å². The first-order valence-electron chi connectivity index (χ1n) is 11.7. The lowest BCUT2D eigenvalue weighted by atomic mass is 10.1. The van der Waals surface area contributed by atoms with Crippen LogP contribution < -0.4 is 10.2 Å². The van der Waals surface area contributed by atoms with E-state index in [1.54, 1.807) is 11.8 Å². The molecule has 0 bridgehead atoms. The van der Waals surface area contributed by atoms with Gasteiger partial charge in [-0.05, 0) is 69.3 Å². The van der Waals surface area contributed by atoms with Crippen LogP contribution in [0.1, 0.15) is 43.0 Å². The molecule has 172 valence electrons. The van der Waals surface area contributed by atoms with Crippen LogP contribution in [0.4, 0.5) is 5.82 Å². The Bertz CT molecular complexity index is 913. The van der Waals surface area contributed by atoms with Crippen LogP contribution in [-0.4, -0.2) is 72.0 Å². The number of rotatable bonds is 7. The van der Waals surface area contributed by atoms with Crippen molar-refractivity contribution < 1.29 is 9.90 Å². The van der Waals surface area contributed by atoms with E-state index in [0.29, 0.717) is 44.1 Å². The molecule has 1 unspecified atom stereocenters. The number of anilines is 1. The molecule has 2 aliphatic rings. The zero-order valence-corrected chi connectivity index (χ0v) is 19.9. The highest BCUT2D eigenvalue weighted by molar-refractivity contribution is 7.98. The quantitative estimate of drug-likeness (QED) is 0.623. The third-order valence-electron chi connectivity index (χ3n) is 6.67. The van der Waals surface area contributed by atoms with Gasteiger partial charge in [0.15, 0.2) is 0 Å². The number of thioether (sulfide) groups is 1. The van der Waals surface area contributed by atoms with Crippen LogP contribution >= 0.6 is 11.8 Å². The van der Waals surface area contributed by atoms with E-state index < -0.39 is 0 Å². The molecule has 7 heteroatoms. The predicted octanol–water partition coefficient (Wildman–Crippen LogP) is 3.65. The van der Waals surface area contributed by atoms with Crippen LogP contribution in [0, 0.1) is 0 Å². The monoisotopic (exact) mass is 454 g/mol. The predicted molar refractivity (Wildman–Crippen MR) is 132 cm³/mol. The largest absolute Gasteiger partial charge is 0.393 e. The van der Waals surface area contributed by atoms with E-state index in [0.717, 1.165) is 36.6 Å². The summed E-state index contributed by atoms with van der Waals surface area (Å²) in [5.74, 6) is 0.658. The molecule has 4 rings (SSSR count). The van der Waals surface area contributed by atoms with Gasteiger partial charge < -0.3 is 15.3 Å². The number of carbonyl (C=O) groups excluding carboxylic acids is 1. The molecular weight excluding hydrogens is 420 g/mol. The van der Waals surface area contributed by atoms with Crippen molar-refractivity contribution in [2.75, 3.05) is 43.9 Å². The Morgan fingerprint density at radius 3 is 2.56 bits per heavy atom. The summed E-state index contributed by atoms with van der Waals surface area (Å²) in [4.78, 5) is 23.9. The summed E-state index contributed by atoms with van der Waals surface area (Å²) < 4.78 is 0. The van der Waals surface area contributed by atoms with E-state index in [4.69, 9.17) is 4.98 Å². The lowest BCUT2D eigenvalue weighted by Crippen LogP contribution is -2.41. The van der Waals surface area contributed by atoms with Crippen molar-refractivity contribution in [1.29, 1.82) is 0 Å². The Balaban J connectivity index is 1.57. The fourth-order valence-electron chi connectivity index (χ4n) is 4.72. The minimum Gasteiger partial charge on any atom is -0.393 e. The Labute approximate surface area is 195 Å². The van der Waals surface area contributed by atoms with Gasteiger partial charge in [-0.15, -0.1) is 11.8 Å². The molecule has 6 nitrogen and oxygen atoms in total. The molecule has 2 aromatic rings. The van der Waals surface area contributed by atoms with Crippen molar-refractivity contribution in [3.8, 4) is 11.3 Å². The topological polar surface area (TPSA) is 68.7 Å². The number of nitrogens with one attached hydrogen (secondary N) is 1. The molecule has 0 spiro atoms. The Kier molecular flexibility index (Phi) is 7.71. The second-order valence-corrected chi connectivity index (χ2v) is 9.53. The van der Waals surface area contributed by atoms with Crippen LogP contribution in [0.25, 0.3) is 11.3 Å². The number of hydrogen-bond donors (Lipinski definition) is 2. The van der Waals surface area contributed by atoms with Crippen LogP contribution in [0.3, 0.4) is 0 Å². The number of aliphatic hydroxyl groups excluding tert-OH is 1. The Morgan fingerprint density at radius 2 is 1.88 bits per heavy atom. The Hall–Kier alpha value is -2.09. The molecule has 0 radical (unpaired) electrons. The first-order chi connectivity index (χ1) is 15.6. The molecule has 2 N–H and O–H groups in total. The van der Waals surface area contributed by atoms with Crippen molar-refractivity contribution in [3.63, 3.8) is 0 Å². The maximum atomic E-state index is 13.2. The molecular formula is C25H34N4O2S. The fraction of sp³-hybridized carbons (Fsp3) is 0.520. The van der Waals surface area contributed by atoms with E-state index in [1.807, 2.05) is 12.1 Å². The number of benzene rings is 1. The van der Waals surface area contributed by atoms with Gasteiger partial charge in [0, 0.05) is 36.1 Å².